The molecule has 6 heteroatoms. The summed E-state index contributed by atoms with van der Waals surface area (Å²) in [5, 5.41) is 9.21. The highest BCUT2D eigenvalue weighted by Crippen LogP contribution is 2.32. The van der Waals surface area contributed by atoms with E-state index in [1.54, 1.807) is 24.3 Å². The number of amides is 2. The number of aromatic nitrogens is 1. The molecule has 0 saturated carbocycles. The standard InChI is InChI=1S/C30H30N3O2P/c1-30(2,3)21-28(34)32-26-18-11-19-27(31-26)33-29(35)22-12-10-17-25(20-22)36(23-13-6-4-7-14-23)24-15-8-5-9-16-24/h4-20H,21H2,1-3H3,(H2,31,32,33,34,35). The van der Waals surface area contributed by atoms with Gasteiger partial charge in [-0.15, -0.1) is 0 Å². The molecule has 2 amide bonds. The molecule has 0 saturated heterocycles. The van der Waals surface area contributed by atoms with Gasteiger partial charge in [-0.25, -0.2) is 4.98 Å². The topological polar surface area (TPSA) is 71.1 Å². The fraction of sp³-hybridized carbons (Fsp3) is 0.167. The summed E-state index contributed by atoms with van der Waals surface area (Å²) in [6.45, 7) is 6.02. The van der Waals surface area contributed by atoms with E-state index >= 15 is 0 Å². The molecule has 0 atom stereocenters. The Morgan fingerprint density at radius 2 is 1.22 bits per heavy atom. The average molecular weight is 496 g/mol. The van der Waals surface area contributed by atoms with Gasteiger partial charge >= 0.3 is 0 Å². The maximum absolute atomic E-state index is 13.2. The molecule has 0 aliphatic heterocycles. The minimum absolute atomic E-state index is 0.110. The Labute approximate surface area is 213 Å². The van der Waals surface area contributed by atoms with Crippen LogP contribution >= 0.6 is 7.92 Å². The van der Waals surface area contributed by atoms with Crippen LogP contribution < -0.4 is 26.5 Å². The second kappa shape index (κ2) is 11.3. The van der Waals surface area contributed by atoms with Gasteiger partial charge in [0.05, 0.1) is 0 Å². The summed E-state index contributed by atoms with van der Waals surface area (Å²) in [6.07, 6.45) is 0.379. The van der Waals surface area contributed by atoms with Gasteiger partial charge in [0.2, 0.25) is 5.91 Å². The zero-order chi connectivity index (χ0) is 25.5. The monoisotopic (exact) mass is 495 g/mol. The van der Waals surface area contributed by atoms with Crippen molar-refractivity contribution in [3.63, 3.8) is 0 Å². The van der Waals surface area contributed by atoms with Gasteiger partial charge in [-0.05, 0) is 53.5 Å². The Bertz CT molecular complexity index is 1300. The third kappa shape index (κ3) is 6.87. The Morgan fingerprint density at radius 3 is 1.81 bits per heavy atom. The van der Waals surface area contributed by atoms with Crippen molar-refractivity contribution in [3.8, 4) is 0 Å². The molecular weight excluding hydrogens is 465 g/mol. The molecule has 0 fully saturated rings. The lowest BCUT2D eigenvalue weighted by Gasteiger charge is -2.20. The van der Waals surface area contributed by atoms with E-state index in [1.165, 1.54) is 10.6 Å². The van der Waals surface area contributed by atoms with Crippen molar-refractivity contribution >= 4 is 47.3 Å². The van der Waals surface area contributed by atoms with Crippen LogP contribution in [0.4, 0.5) is 11.6 Å². The zero-order valence-corrected chi connectivity index (χ0v) is 21.6. The number of anilines is 2. The first-order valence-electron chi connectivity index (χ1n) is 11.9. The summed E-state index contributed by atoms with van der Waals surface area (Å²) in [4.78, 5) is 29.8. The minimum atomic E-state index is -0.816. The molecule has 3 aromatic carbocycles. The van der Waals surface area contributed by atoms with Gasteiger partial charge < -0.3 is 10.6 Å². The van der Waals surface area contributed by atoms with Crippen LogP contribution in [0.5, 0.6) is 0 Å². The third-order valence-electron chi connectivity index (χ3n) is 5.34. The molecule has 5 nitrogen and oxygen atoms in total. The predicted molar refractivity (Wildman–Crippen MR) is 150 cm³/mol. The molecule has 182 valence electrons. The lowest BCUT2D eigenvalue weighted by Crippen LogP contribution is -2.22. The molecular formula is C30H30N3O2P. The van der Waals surface area contributed by atoms with Crippen molar-refractivity contribution in [2.75, 3.05) is 10.6 Å². The summed E-state index contributed by atoms with van der Waals surface area (Å²) >= 11 is 0. The molecule has 0 unspecified atom stereocenters. The van der Waals surface area contributed by atoms with Gasteiger partial charge in [-0.3, -0.25) is 9.59 Å². The molecule has 4 rings (SSSR count). The SMILES string of the molecule is CC(C)(C)CC(=O)Nc1cccc(NC(=O)c2cccc(P(c3ccccc3)c3ccccc3)c2)n1. The molecule has 1 heterocycles. The highest BCUT2D eigenvalue weighted by molar-refractivity contribution is 7.79. The Kier molecular flexibility index (Phi) is 7.92. The Morgan fingerprint density at radius 1 is 0.694 bits per heavy atom. The number of rotatable bonds is 7. The maximum Gasteiger partial charge on any atom is 0.256 e. The number of pyridine rings is 1. The summed E-state index contributed by atoms with van der Waals surface area (Å²) in [5.74, 6) is 0.430. The van der Waals surface area contributed by atoms with E-state index in [4.69, 9.17) is 0 Å². The van der Waals surface area contributed by atoms with E-state index in [9.17, 15) is 9.59 Å². The molecule has 2 N–H and O–H groups in total. The van der Waals surface area contributed by atoms with E-state index in [-0.39, 0.29) is 17.2 Å². The summed E-state index contributed by atoms with van der Waals surface area (Å²) < 4.78 is 0. The molecule has 0 spiro atoms. The highest BCUT2D eigenvalue weighted by atomic mass is 31.1. The van der Waals surface area contributed by atoms with Crippen LogP contribution in [0, 0.1) is 5.41 Å². The third-order valence-corrected chi connectivity index (χ3v) is 7.77. The van der Waals surface area contributed by atoms with Crippen LogP contribution in [0.25, 0.3) is 0 Å². The van der Waals surface area contributed by atoms with E-state index in [0.717, 1.165) is 5.30 Å². The lowest BCUT2D eigenvalue weighted by molar-refractivity contribution is -0.117. The van der Waals surface area contributed by atoms with Crippen molar-refractivity contribution in [1.82, 2.24) is 4.98 Å². The van der Waals surface area contributed by atoms with Crippen molar-refractivity contribution in [2.24, 2.45) is 5.41 Å². The van der Waals surface area contributed by atoms with Crippen LogP contribution in [0.1, 0.15) is 37.6 Å². The quantitative estimate of drug-likeness (QED) is 0.334. The Hall–Kier alpha value is -3.82. The van der Waals surface area contributed by atoms with Crippen molar-refractivity contribution < 1.29 is 9.59 Å². The summed E-state index contributed by atoms with van der Waals surface area (Å²) in [6, 6.07) is 33.7. The predicted octanol–water partition coefficient (Wildman–Crippen LogP) is 5.47. The van der Waals surface area contributed by atoms with Crippen LogP contribution in [0.2, 0.25) is 0 Å². The van der Waals surface area contributed by atoms with Crippen molar-refractivity contribution in [2.45, 2.75) is 27.2 Å². The van der Waals surface area contributed by atoms with Gasteiger partial charge in [-0.2, -0.15) is 0 Å². The first-order valence-corrected chi connectivity index (χ1v) is 13.2. The molecule has 0 aliphatic rings. The normalized spacial score (nSPS) is 11.2. The molecule has 0 bridgehead atoms. The lowest BCUT2D eigenvalue weighted by atomic mass is 9.92. The summed E-state index contributed by atoms with van der Waals surface area (Å²) in [5.41, 5.74) is 0.427. The number of benzene rings is 3. The number of nitrogens with one attached hydrogen (secondary N) is 2. The molecule has 4 aromatic rings. The zero-order valence-electron chi connectivity index (χ0n) is 20.7. The fourth-order valence-corrected chi connectivity index (χ4v) is 6.16. The van der Waals surface area contributed by atoms with E-state index in [1.807, 2.05) is 69.3 Å². The van der Waals surface area contributed by atoms with Gasteiger partial charge in [-0.1, -0.05) is 99.6 Å². The van der Waals surface area contributed by atoms with Gasteiger partial charge in [0.25, 0.3) is 5.91 Å². The first kappa shape index (κ1) is 25.3. The number of hydrogen-bond donors (Lipinski definition) is 2. The van der Waals surface area contributed by atoms with Crippen LogP contribution in [-0.2, 0) is 4.79 Å². The minimum Gasteiger partial charge on any atom is -0.311 e. The Balaban J connectivity index is 1.55. The second-order valence-electron chi connectivity index (χ2n) is 9.70. The number of carbonyl (C=O) groups excluding carboxylic acids is 2. The first-order chi connectivity index (χ1) is 17.3. The van der Waals surface area contributed by atoms with Crippen molar-refractivity contribution in [3.05, 3.63) is 109 Å². The van der Waals surface area contributed by atoms with Gasteiger partial charge in [0.15, 0.2) is 0 Å². The van der Waals surface area contributed by atoms with Crippen LogP contribution in [0.3, 0.4) is 0 Å². The largest absolute Gasteiger partial charge is 0.311 e. The highest BCUT2D eigenvalue weighted by Gasteiger charge is 2.19. The van der Waals surface area contributed by atoms with Gasteiger partial charge in [0, 0.05) is 12.0 Å². The fourth-order valence-electron chi connectivity index (χ4n) is 3.82. The van der Waals surface area contributed by atoms with Crippen LogP contribution in [-0.4, -0.2) is 16.8 Å². The molecule has 1 aromatic heterocycles. The van der Waals surface area contributed by atoms with Crippen molar-refractivity contribution in [1.29, 1.82) is 0 Å². The summed E-state index contributed by atoms with van der Waals surface area (Å²) in [7, 11) is -0.816. The second-order valence-corrected chi connectivity index (χ2v) is 11.9. The number of carbonyl (C=O) groups is 2. The molecule has 0 aliphatic carbocycles. The molecule has 36 heavy (non-hydrogen) atoms. The van der Waals surface area contributed by atoms with E-state index < -0.39 is 7.92 Å². The van der Waals surface area contributed by atoms with E-state index in [0.29, 0.717) is 23.6 Å². The smallest absolute Gasteiger partial charge is 0.256 e. The van der Waals surface area contributed by atoms with Gasteiger partial charge in [0.1, 0.15) is 11.6 Å². The van der Waals surface area contributed by atoms with E-state index in [2.05, 4.69) is 45.9 Å². The number of nitrogens with zero attached hydrogens (tertiary/aromatic N) is 1. The molecule has 0 radical (unpaired) electrons. The number of hydrogen-bond acceptors (Lipinski definition) is 3. The van der Waals surface area contributed by atoms with Crippen LogP contribution in [0.15, 0.2) is 103 Å². The average Bonchev–Trinajstić information content (AvgIpc) is 2.85. The maximum atomic E-state index is 13.2.